The second kappa shape index (κ2) is 8.82. The van der Waals surface area contributed by atoms with Crippen molar-refractivity contribution in [3.63, 3.8) is 0 Å². The van der Waals surface area contributed by atoms with Crippen molar-refractivity contribution in [2.45, 2.75) is 52.2 Å². The van der Waals surface area contributed by atoms with E-state index in [9.17, 15) is 4.79 Å². The number of nitrogens with one attached hydrogen (secondary N) is 1. The van der Waals surface area contributed by atoms with Crippen molar-refractivity contribution in [3.05, 3.63) is 53.3 Å². The first-order valence-electron chi connectivity index (χ1n) is 11.0. The van der Waals surface area contributed by atoms with E-state index >= 15 is 0 Å². The van der Waals surface area contributed by atoms with Crippen LogP contribution < -0.4 is 4.74 Å². The first kappa shape index (κ1) is 22.1. The molecule has 1 aromatic carbocycles. The zero-order valence-electron chi connectivity index (χ0n) is 19.4. The Morgan fingerprint density at radius 2 is 2.06 bits per heavy atom. The molecule has 1 amide bonds. The monoisotopic (exact) mass is 437 g/mol. The molecule has 0 spiro atoms. The number of ether oxygens (including phenoxy) is 3. The number of pyridine rings is 1. The van der Waals surface area contributed by atoms with Gasteiger partial charge in [0.2, 0.25) is 0 Å². The van der Waals surface area contributed by atoms with E-state index in [-0.39, 0.29) is 12.1 Å². The number of benzene rings is 1. The van der Waals surface area contributed by atoms with Crippen LogP contribution in [0, 0.1) is 0 Å². The van der Waals surface area contributed by atoms with Gasteiger partial charge in [-0.3, -0.25) is 0 Å². The highest BCUT2D eigenvalue weighted by molar-refractivity contribution is 5.83. The van der Waals surface area contributed by atoms with Crippen molar-refractivity contribution in [2.75, 3.05) is 20.3 Å². The van der Waals surface area contributed by atoms with E-state index in [1.54, 1.807) is 18.2 Å². The molecule has 1 atom stereocenters. The van der Waals surface area contributed by atoms with Crippen LogP contribution in [0.1, 0.15) is 50.6 Å². The molecule has 0 fully saturated rings. The maximum atomic E-state index is 12.7. The van der Waals surface area contributed by atoms with E-state index < -0.39 is 5.60 Å². The van der Waals surface area contributed by atoms with Gasteiger partial charge in [0.15, 0.2) is 0 Å². The highest BCUT2D eigenvalue weighted by Crippen LogP contribution is 2.36. The van der Waals surface area contributed by atoms with Crippen molar-refractivity contribution in [1.82, 2.24) is 14.9 Å². The third-order valence-corrected chi connectivity index (χ3v) is 5.64. The number of hydrogen-bond donors (Lipinski definition) is 1. The number of carbonyl (C=O) groups is 1. The fourth-order valence-corrected chi connectivity index (χ4v) is 4.05. The molecule has 0 aliphatic carbocycles. The van der Waals surface area contributed by atoms with E-state index in [1.165, 1.54) is 5.56 Å². The summed E-state index contributed by atoms with van der Waals surface area (Å²) in [5.74, 6) is 1.47. The van der Waals surface area contributed by atoms with E-state index in [0.29, 0.717) is 13.2 Å². The van der Waals surface area contributed by atoms with E-state index in [4.69, 9.17) is 14.2 Å². The van der Waals surface area contributed by atoms with E-state index in [1.807, 2.05) is 45.9 Å². The lowest BCUT2D eigenvalue weighted by atomic mass is 9.93. The molecule has 0 radical (unpaired) electrons. The number of carbonyl (C=O) groups excluding carboxylic acids is 1. The molecule has 1 aliphatic heterocycles. The van der Waals surface area contributed by atoms with Gasteiger partial charge in [0.25, 0.3) is 0 Å². The number of methoxy groups -OCH3 is 1. The van der Waals surface area contributed by atoms with Crippen LogP contribution in [-0.4, -0.2) is 46.8 Å². The zero-order chi connectivity index (χ0) is 22.9. The maximum absolute atomic E-state index is 12.7. The second-order valence-electron chi connectivity index (χ2n) is 9.17. The summed E-state index contributed by atoms with van der Waals surface area (Å²) >= 11 is 0. The molecule has 7 heteroatoms. The number of hydrogen-bond acceptors (Lipinski definition) is 5. The minimum Gasteiger partial charge on any atom is -0.457 e. The Morgan fingerprint density at radius 1 is 1.25 bits per heavy atom. The first-order chi connectivity index (χ1) is 15.2. The summed E-state index contributed by atoms with van der Waals surface area (Å²) in [5.41, 5.74) is 3.63. The Morgan fingerprint density at radius 3 is 2.81 bits per heavy atom. The topological polar surface area (TPSA) is 76.7 Å². The predicted octanol–water partition coefficient (Wildman–Crippen LogP) is 5.40. The lowest BCUT2D eigenvalue weighted by Gasteiger charge is -2.36. The third-order valence-electron chi connectivity index (χ3n) is 5.64. The quantitative estimate of drug-likeness (QED) is 0.578. The average molecular weight is 438 g/mol. The number of aromatic amines is 1. The van der Waals surface area contributed by atoms with Crippen LogP contribution in [0.2, 0.25) is 0 Å². The Balaban J connectivity index is 1.57. The summed E-state index contributed by atoms with van der Waals surface area (Å²) in [6.07, 6.45) is 3.02. The van der Waals surface area contributed by atoms with Crippen molar-refractivity contribution in [2.24, 2.45) is 0 Å². The zero-order valence-corrected chi connectivity index (χ0v) is 19.4. The minimum absolute atomic E-state index is 0.0949. The van der Waals surface area contributed by atoms with Crippen LogP contribution in [-0.2, 0) is 22.3 Å². The highest BCUT2D eigenvalue weighted by Gasteiger charge is 2.31. The molecule has 170 valence electrons. The number of nitrogens with zero attached hydrogens (tertiary/aromatic N) is 2. The number of amides is 1. The standard InChI is InChI=1S/C25H31N3O4/c1-16-20-15-19(7-6-17(20)9-12-28(16)24(29)32-25(2,3)4)31-22-8-11-26-23-21(22)14-18(27-23)10-13-30-5/h6-8,11,14-16H,9-10,12-13H2,1-5H3,(H,26,27). The largest absolute Gasteiger partial charge is 0.457 e. The second-order valence-corrected chi connectivity index (χ2v) is 9.17. The van der Waals surface area contributed by atoms with Crippen molar-refractivity contribution in [1.29, 1.82) is 0 Å². The number of fused-ring (bicyclic) bond motifs is 2. The van der Waals surface area contributed by atoms with Crippen LogP contribution in [0.3, 0.4) is 0 Å². The number of rotatable bonds is 5. The average Bonchev–Trinajstić information content (AvgIpc) is 3.15. The Hall–Kier alpha value is -3.06. The Kier molecular flexibility index (Phi) is 6.11. The van der Waals surface area contributed by atoms with Gasteiger partial charge in [-0.15, -0.1) is 0 Å². The van der Waals surface area contributed by atoms with E-state index in [2.05, 4.69) is 22.1 Å². The first-order valence-corrected chi connectivity index (χ1v) is 11.0. The fourth-order valence-electron chi connectivity index (χ4n) is 4.05. The minimum atomic E-state index is -0.520. The molecule has 7 nitrogen and oxygen atoms in total. The van der Waals surface area contributed by atoms with Crippen molar-refractivity contribution >= 4 is 17.1 Å². The maximum Gasteiger partial charge on any atom is 0.410 e. The van der Waals surface area contributed by atoms with Crippen LogP contribution in [0.4, 0.5) is 4.79 Å². The van der Waals surface area contributed by atoms with Gasteiger partial charge >= 0.3 is 6.09 Å². The van der Waals surface area contributed by atoms with Crippen LogP contribution in [0.5, 0.6) is 11.5 Å². The van der Waals surface area contributed by atoms with Crippen molar-refractivity contribution in [3.8, 4) is 11.5 Å². The molecule has 0 saturated carbocycles. The normalized spacial score (nSPS) is 16.2. The molecule has 1 N–H and O–H groups in total. The molecule has 3 heterocycles. The van der Waals surface area contributed by atoms with Crippen LogP contribution in [0.15, 0.2) is 36.5 Å². The molecular weight excluding hydrogens is 406 g/mol. The van der Waals surface area contributed by atoms with Gasteiger partial charge in [-0.1, -0.05) is 6.07 Å². The Labute approximate surface area is 188 Å². The van der Waals surface area contributed by atoms with Gasteiger partial charge in [-0.2, -0.15) is 0 Å². The smallest absolute Gasteiger partial charge is 0.410 e. The molecule has 0 saturated heterocycles. The van der Waals surface area contributed by atoms with Gasteiger partial charge in [0, 0.05) is 32.0 Å². The molecule has 32 heavy (non-hydrogen) atoms. The SMILES string of the molecule is COCCc1cc2c(Oc3ccc4c(c3)C(C)N(C(=O)OC(C)(C)C)CC4)ccnc2[nH]1. The van der Waals surface area contributed by atoms with Crippen LogP contribution >= 0.6 is 0 Å². The molecule has 1 aliphatic rings. The summed E-state index contributed by atoms with van der Waals surface area (Å²) in [7, 11) is 1.69. The summed E-state index contributed by atoms with van der Waals surface area (Å²) in [6.45, 7) is 8.97. The fraction of sp³-hybridized carbons (Fsp3) is 0.440. The molecule has 3 aromatic rings. The lowest BCUT2D eigenvalue weighted by Crippen LogP contribution is -2.42. The highest BCUT2D eigenvalue weighted by atomic mass is 16.6. The third kappa shape index (κ3) is 4.72. The summed E-state index contributed by atoms with van der Waals surface area (Å²) in [6, 6.07) is 9.93. The molecule has 2 aromatic heterocycles. The Bertz CT molecular complexity index is 1120. The molecule has 1 unspecified atom stereocenters. The molecule has 0 bridgehead atoms. The summed E-state index contributed by atoms with van der Waals surface area (Å²) < 4.78 is 17.1. The van der Waals surface area contributed by atoms with Crippen molar-refractivity contribution < 1.29 is 19.0 Å². The molecular formula is C25H31N3O4. The van der Waals surface area contributed by atoms with Crippen LogP contribution in [0.25, 0.3) is 11.0 Å². The van der Waals surface area contributed by atoms with Gasteiger partial charge in [-0.05, 0) is 69.5 Å². The summed E-state index contributed by atoms with van der Waals surface area (Å²) in [4.78, 5) is 22.2. The van der Waals surface area contributed by atoms with Gasteiger partial charge < -0.3 is 24.1 Å². The van der Waals surface area contributed by atoms with Gasteiger partial charge in [0.05, 0.1) is 18.0 Å². The number of H-pyrrole nitrogens is 1. The number of aromatic nitrogens is 2. The lowest BCUT2D eigenvalue weighted by molar-refractivity contribution is 0.0159. The van der Waals surface area contributed by atoms with E-state index in [0.717, 1.165) is 46.6 Å². The van der Waals surface area contributed by atoms with Gasteiger partial charge in [-0.25, -0.2) is 9.78 Å². The van der Waals surface area contributed by atoms with Gasteiger partial charge in [0.1, 0.15) is 22.7 Å². The molecule has 4 rings (SSSR count). The predicted molar refractivity (Wildman–Crippen MR) is 123 cm³/mol. The summed E-state index contributed by atoms with van der Waals surface area (Å²) in [5, 5.41) is 0.930.